The molecule has 0 aliphatic carbocycles. The summed E-state index contributed by atoms with van der Waals surface area (Å²) < 4.78 is 86.1. The number of nitrogens with one attached hydrogen (secondary N) is 1. The van der Waals surface area contributed by atoms with Crippen LogP contribution < -0.4 is 10.2 Å². The summed E-state index contributed by atoms with van der Waals surface area (Å²) in [5, 5.41) is 6.42. The van der Waals surface area contributed by atoms with Crippen molar-refractivity contribution in [2.45, 2.75) is 46.1 Å². The molecule has 0 unspecified atom stereocenters. The second kappa shape index (κ2) is 10.3. The van der Waals surface area contributed by atoms with Crippen LogP contribution in [-0.4, -0.2) is 41.5 Å². The first-order valence-corrected chi connectivity index (χ1v) is 11.9. The highest BCUT2D eigenvalue weighted by atomic mass is 19.4. The number of alkyl halides is 6. The van der Waals surface area contributed by atoms with Gasteiger partial charge in [0.2, 0.25) is 0 Å². The molecular formula is C26H26F6N4O2. The minimum absolute atomic E-state index is 0.0354. The normalized spacial score (nSPS) is 18.5. The van der Waals surface area contributed by atoms with E-state index in [0.29, 0.717) is 16.8 Å². The molecule has 1 aromatic carbocycles. The number of nitrogens with zero attached hydrogens (tertiary/aromatic N) is 3. The van der Waals surface area contributed by atoms with Gasteiger partial charge in [-0.2, -0.15) is 26.3 Å². The van der Waals surface area contributed by atoms with Gasteiger partial charge in [0.25, 0.3) is 5.91 Å². The van der Waals surface area contributed by atoms with Crippen LogP contribution >= 0.6 is 0 Å². The maximum absolute atomic E-state index is 13.5. The van der Waals surface area contributed by atoms with Crippen LogP contribution in [0.2, 0.25) is 0 Å². The predicted molar refractivity (Wildman–Crippen MR) is 127 cm³/mol. The molecule has 0 saturated carbocycles. The number of benzene rings is 1. The Morgan fingerprint density at radius 3 is 2.13 bits per heavy atom. The summed E-state index contributed by atoms with van der Waals surface area (Å²) in [5.74, 6) is -4.71. The van der Waals surface area contributed by atoms with Gasteiger partial charge in [-0.25, -0.2) is 0 Å². The van der Waals surface area contributed by atoms with Crippen LogP contribution in [0.3, 0.4) is 0 Å². The number of halogens is 6. The lowest BCUT2D eigenvalue weighted by atomic mass is 9.87. The van der Waals surface area contributed by atoms with Crippen molar-refractivity contribution in [1.82, 2.24) is 15.5 Å². The molecule has 6 nitrogen and oxygen atoms in total. The lowest BCUT2D eigenvalue weighted by molar-refractivity contribution is -0.214. The Morgan fingerprint density at radius 1 is 1.00 bits per heavy atom. The standard InChI is InChI=1S/C26H26F6N4O2/c1-14-6-17(7-15(2)34-14)22-5-4-21(8-18(22)10-33-24(37)23-13-38-35-16(23)3)36-11-19(25(27,28)29)9-20(12-36)26(30,31)32/h4-8,13,19-20H,9-12H2,1-3H3,(H,33,37)/t19-,20+. The summed E-state index contributed by atoms with van der Waals surface area (Å²) in [4.78, 5) is 18.1. The molecule has 4 rings (SSSR count). The smallest absolute Gasteiger partial charge is 0.370 e. The Bertz CT molecular complexity index is 1280. The zero-order valence-electron chi connectivity index (χ0n) is 20.9. The molecule has 0 spiro atoms. The van der Waals surface area contributed by atoms with Gasteiger partial charge in [0.05, 0.1) is 17.5 Å². The van der Waals surface area contributed by atoms with Crippen LogP contribution in [0.5, 0.6) is 0 Å². The number of pyridine rings is 1. The van der Waals surface area contributed by atoms with E-state index in [1.807, 2.05) is 26.0 Å². The van der Waals surface area contributed by atoms with Gasteiger partial charge in [0.1, 0.15) is 11.8 Å². The third-order valence-corrected chi connectivity index (χ3v) is 6.66. The van der Waals surface area contributed by atoms with Gasteiger partial charge in [-0.3, -0.25) is 9.78 Å². The Morgan fingerprint density at radius 2 is 1.61 bits per heavy atom. The van der Waals surface area contributed by atoms with E-state index >= 15 is 0 Å². The second-order valence-electron chi connectivity index (χ2n) is 9.59. The van der Waals surface area contributed by atoms with Crippen LogP contribution in [0.4, 0.5) is 32.0 Å². The minimum atomic E-state index is -4.76. The summed E-state index contributed by atoms with van der Waals surface area (Å²) in [6.45, 7) is 4.00. The van der Waals surface area contributed by atoms with E-state index in [1.54, 1.807) is 13.0 Å². The van der Waals surface area contributed by atoms with E-state index < -0.39 is 49.6 Å². The summed E-state index contributed by atoms with van der Waals surface area (Å²) in [6, 6.07) is 8.33. The first kappa shape index (κ1) is 27.5. The molecule has 1 fully saturated rings. The van der Waals surface area contributed by atoms with Crippen molar-refractivity contribution >= 4 is 11.6 Å². The quantitative estimate of drug-likeness (QED) is 0.393. The highest BCUT2D eigenvalue weighted by molar-refractivity contribution is 5.94. The third-order valence-electron chi connectivity index (χ3n) is 6.66. The van der Waals surface area contributed by atoms with Crippen molar-refractivity contribution in [3.8, 4) is 11.1 Å². The van der Waals surface area contributed by atoms with E-state index in [9.17, 15) is 31.1 Å². The molecule has 204 valence electrons. The molecule has 1 saturated heterocycles. The molecule has 12 heteroatoms. The van der Waals surface area contributed by atoms with E-state index in [4.69, 9.17) is 4.52 Å². The average Bonchev–Trinajstić information content (AvgIpc) is 3.26. The summed E-state index contributed by atoms with van der Waals surface area (Å²) in [7, 11) is 0. The molecule has 1 aliphatic rings. The topological polar surface area (TPSA) is 71.3 Å². The summed E-state index contributed by atoms with van der Waals surface area (Å²) >= 11 is 0. The fraction of sp³-hybridized carbons (Fsp3) is 0.423. The van der Waals surface area contributed by atoms with Crippen LogP contribution in [0.15, 0.2) is 41.1 Å². The molecule has 1 amide bonds. The molecule has 2 atom stereocenters. The zero-order valence-corrected chi connectivity index (χ0v) is 20.9. The van der Waals surface area contributed by atoms with E-state index in [0.717, 1.165) is 21.9 Å². The Kier molecular flexibility index (Phi) is 7.44. The monoisotopic (exact) mass is 540 g/mol. The van der Waals surface area contributed by atoms with Crippen molar-refractivity contribution in [3.05, 3.63) is 64.8 Å². The average molecular weight is 541 g/mol. The molecule has 0 bridgehead atoms. The van der Waals surface area contributed by atoms with Gasteiger partial charge in [-0.15, -0.1) is 0 Å². The fourth-order valence-electron chi connectivity index (χ4n) is 4.76. The van der Waals surface area contributed by atoms with Crippen LogP contribution in [0.1, 0.15) is 39.4 Å². The largest absolute Gasteiger partial charge is 0.393 e. The molecule has 38 heavy (non-hydrogen) atoms. The number of carbonyl (C=O) groups excluding carboxylic acids is 1. The molecular weight excluding hydrogens is 514 g/mol. The second-order valence-corrected chi connectivity index (χ2v) is 9.59. The maximum atomic E-state index is 13.5. The van der Waals surface area contributed by atoms with Crippen molar-refractivity contribution in [2.75, 3.05) is 18.0 Å². The number of rotatable bonds is 5. The number of hydrogen-bond donors (Lipinski definition) is 1. The number of anilines is 1. The van der Waals surface area contributed by atoms with Gasteiger partial charge in [-0.1, -0.05) is 11.2 Å². The highest BCUT2D eigenvalue weighted by Crippen LogP contribution is 2.43. The van der Waals surface area contributed by atoms with E-state index in [1.165, 1.54) is 18.4 Å². The van der Waals surface area contributed by atoms with E-state index in [2.05, 4.69) is 15.5 Å². The number of carbonyl (C=O) groups is 1. The molecule has 3 aromatic rings. The number of piperidine rings is 1. The van der Waals surface area contributed by atoms with Crippen LogP contribution in [-0.2, 0) is 6.54 Å². The van der Waals surface area contributed by atoms with Gasteiger partial charge < -0.3 is 14.7 Å². The van der Waals surface area contributed by atoms with Crippen molar-refractivity contribution < 1.29 is 35.7 Å². The number of aryl methyl sites for hydroxylation is 3. The lowest BCUT2D eigenvalue weighted by Crippen LogP contribution is -2.49. The lowest BCUT2D eigenvalue weighted by Gasteiger charge is -2.40. The Labute approximate surface area is 215 Å². The minimum Gasteiger partial charge on any atom is -0.370 e. The third kappa shape index (κ3) is 6.11. The Balaban J connectivity index is 1.71. The number of amides is 1. The highest BCUT2D eigenvalue weighted by Gasteiger charge is 2.51. The molecule has 0 radical (unpaired) electrons. The fourth-order valence-corrected chi connectivity index (χ4v) is 4.76. The SMILES string of the molecule is Cc1cc(-c2ccc(N3C[C@H](C(F)(F)F)C[C@H](C(F)(F)F)C3)cc2CNC(=O)c2conc2C)cc(C)n1. The molecule has 2 aromatic heterocycles. The van der Waals surface area contributed by atoms with Crippen LogP contribution in [0.25, 0.3) is 11.1 Å². The number of aromatic nitrogens is 2. The summed E-state index contributed by atoms with van der Waals surface area (Å²) in [6.07, 6.45) is -9.33. The maximum Gasteiger partial charge on any atom is 0.393 e. The van der Waals surface area contributed by atoms with Gasteiger partial charge >= 0.3 is 12.4 Å². The molecule has 3 heterocycles. The first-order valence-electron chi connectivity index (χ1n) is 11.9. The van der Waals surface area contributed by atoms with Crippen molar-refractivity contribution in [2.24, 2.45) is 11.8 Å². The predicted octanol–water partition coefficient (Wildman–Crippen LogP) is 6.16. The van der Waals surface area contributed by atoms with Gasteiger partial charge in [0.15, 0.2) is 0 Å². The van der Waals surface area contributed by atoms with Gasteiger partial charge in [0, 0.05) is 36.7 Å². The molecule has 1 aliphatic heterocycles. The summed E-state index contributed by atoms with van der Waals surface area (Å²) in [5.41, 5.74) is 4.22. The zero-order chi connectivity index (χ0) is 27.8. The van der Waals surface area contributed by atoms with Crippen molar-refractivity contribution in [3.63, 3.8) is 0 Å². The molecule has 1 N–H and O–H groups in total. The van der Waals surface area contributed by atoms with E-state index in [-0.39, 0.29) is 17.8 Å². The van der Waals surface area contributed by atoms with Crippen LogP contribution in [0, 0.1) is 32.6 Å². The first-order chi connectivity index (χ1) is 17.7. The Hall–Kier alpha value is -3.57. The van der Waals surface area contributed by atoms with Gasteiger partial charge in [-0.05, 0) is 68.1 Å². The number of hydrogen-bond acceptors (Lipinski definition) is 5. The van der Waals surface area contributed by atoms with Crippen molar-refractivity contribution in [1.29, 1.82) is 0 Å².